The molecule has 252 valence electrons. The molecule has 0 saturated carbocycles. The molecule has 2 aromatic heterocycles. The number of methoxy groups -OCH3 is 1. The quantitative estimate of drug-likeness (QED) is 0.125. The molecule has 1 N–H and O–H groups in total. The number of aromatic nitrogens is 3. The molecule has 4 aromatic rings. The zero-order valence-corrected chi connectivity index (χ0v) is 29.8. The lowest BCUT2D eigenvalue weighted by molar-refractivity contribution is 0.121. The summed E-state index contributed by atoms with van der Waals surface area (Å²) in [7, 11) is 0.200. The van der Waals surface area contributed by atoms with Crippen molar-refractivity contribution in [1.29, 1.82) is 0 Å². The van der Waals surface area contributed by atoms with Crippen LogP contribution in [0.5, 0.6) is 5.75 Å². The van der Waals surface area contributed by atoms with Gasteiger partial charge in [0.25, 0.3) is 0 Å². The number of rotatable bonds is 10. The van der Waals surface area contributed by atoms with Gasteiger partial charge in [-0.25, -0.2) is 13.4 Å². The summed E-state index contributed by atoms with van der Waals surface area (Å²) in [5.41, 5.74) is 6.58. The van der Waals surface area contributed by atoms with Gasteiger partial charge in [0, 0.05) is 61.9 Å². The monoisotopic (exact) mass is 685 g/mol. The SMILES string of the molecule is C=C[C@H]1CN(c2cc3c(c(C#CC)c2C)CCN3S(C)(=O)=O)CC[C@H]1C[C@@H](O)[C@@H](Sc1nccn1C)c1ccnc2ccc(OC)cc12. The van der Waals surface area contributed by atoms with E-state index in [1.807, 2.05) is 61.1 Å². The first-order chi connectivity index (χ1) is 23.0. The Morgan fingerprint density at radius 1 is 1.19 bits per heavy atom. The van der Waals surface area contributed by atoms with Crippen molar-refractivity contribution in [2.24, 2.45) is 18.9 Å². The van der Waals surface area contributed by atoms with Crippen LogP contribution in [0, 0.1) is 30.6 Å². The van der Waals surface area contributed by atoms with Gasteiger partial charge in [0.15, 0.2) is 5.16 Å². The number of fused-ring (bicyclic) bond motifs is 2. The molecule has 2 aliphatic rings. The molecule has 0 aliphatic carbocycles. The van der Waals surface area contributed by atoms with Crippen LogP contribution in [0.3, 0.4) is 0 Å². The molecule has 0 amide bonds. The molecule has 1 fully saturated rings. The molecule has 0 radical (unpaired) electrons. The third-order valence-electron chi connectivity index (χ3n) is 9.77. The number of sulfonamides is 1. The highest BCUT2D eigenvalue weighted by Gasteiger charge is 2.36. The summed E-state index contributed by atoms with van der Waals surface area (Å²) in [5.74, 6) is 7.37. The zero-order valence-electron chi connectivity index (χ0n) is 28.2. The molecule has 4 atom stereocenters. The van der Waals surface area contributed by atoms with Crippen molar-refractivity contribution in [3.63, 3.8) is 0 Å². The highest BCUT2D eigenvalue weighted by atomic mass is 32.2. The van der Waals surface area contributed by atoms with Gasteiger partial charge < -0.3 is 19.3 Å². The highest BCUT2D eigenvalue weighted by molar-refractivity contribution is 7.99. The van der Waals surface area contributed by atoms with Crippen molar-refractivity contribution in [3.05, 3.63) is 83.8 Å². The maximum atomic E-state index is 12.7. The number of benzene rings is 2. The maximum Gasteiger partial charge on any atom is 0.232 e. The molecule has 11 heteroatoms. The minimum atomic E-state index is -3.41. The van der Waals surface area contributed by atoms with E-state index in [4.69, 9.17) is 4.74 Å². The van der Waals surface area contributed by atoms with E-state index in [1.165, 1.54) is 10.6 Å². The van der Waals surface area contributed by atoms with Gasteiger partial charge in [-0.15, -0.1) is 12.5 Å². The highest BCUT2D eigenvalue weighted by Crippen LogP contribution is 2.45. The summed E-state index contributed by atoms with van der Waals surface area (Å²) in [6.45, 7) is 10.0. The van der Waals surface area contributed by atoms with Gasteiger partial charge in [-0.3, -0.25) is 9.29 Å². The normalized spacial score (nSPS) is 19.0. The predicted molar refractivity (Wildman–Crippen MR) is 194 cm³/mol. The van der Waals surface area contributed by atoms with Crippen molar-refractivity contribution < 1.29 is 18.3 Å². The standard InChI is InChI=1S/C37H43N5O4S2/c1-7-9-28-24(3)33(22-34-29(28)14-18-42(34)48(6,44)45)41-17-13-26(25(8-2)23-41)20-35(43)36(47-37-39-16-19-40(37)4)30-12-15-38-32-11-10-27(46-5)21-31(30)32/h8,10-12,15-16,19,21-22,25-26,35-36,43H,2,13-14,17-18,20,23H2,1,3-6H3/t25-,26-,35+,36-/m0/s1. The van der Waals surface area contributed by atoms with E-state index in [2.05, 4.69) is 40.2 Å². The number of ether oxygens (including phenoxy) is 1. The molecule has 9 nitrogen and oxygen atoms in total. The Kier molecular flexibility index (Phi) is 9.79. The fourth-order valence-electron chi connectivity index (χ4n) is 7.28. The van der Waals surface area contributed by atoms with Crippen molar-refractivity contribution in [1.82, 2.24) is 14.5 Å². The second-order valence-corrected chi connectivity index (χ2v) is 15.7. The molecule has 2 aliphatic heterocycles. The van der Waals surface area contributed by atoms with Crippen molar-refractivity contribution in [2.75, 3.05) is 42.2 Å². The van der Waals surface area contributed by atoms with E-state index in [0.29, 0.717) is 25.9 Å². The molecule has 0 unspecified atom stereocenters. The molecule has 6 rings (SSSR count). The van der Waals surface area contributed by atoms with Crippen molar-refractivity contribution >= 4 is 44.1 Å². The number of nitrogens with zero attached hydrogens (tertiary/aromatic N) is 5. The Bertz CT molecular complexity index is 2020. The molecule has 4 heterocycles. The maximum absolute atomic E-state index is 12.7. The third kappa shape index (κ3) is 6.53. The number of thioether (sulfide) groups is 1. The van der Waals surface area contributed by atoms with Gasteiger partial charge in [-0.1, -0.05) is 23.8 Å². The fraction of sp³-hybridized carbons (Fsp3) is 0.405. The van der Waals surface area contributed by atoms with E-state index < -0.39 is 16.1 Å². The van der Waals surface area contributed by atoms with Crippen LogP contribution < -0.4 is 13.9 Å². The van der Waals surface area contributed by atoms with Gasteiger partial charge in [0.1, 0.15) is 5.75 Å². The first kappa shape index (κ1) is 33.9. The Balaban J connectivity index is 1.29. The summed E-state index contributed by atoms with van der Waals surface area (Å²) in [5, 5.41) is 13.6. The van der Waals surface area contributed by atoms with Crippen molar-refractivity contribution in [3.8, 4) is 17.6 Å². The number of imidazole rings is 1. The van der Waals surface area contributed by atoms with Crippen LogP contribution in [0.25, 0.3) is 10.9 Å². The second-order valence-electron chi connectivity index (χ2n) is 12.7. The lowest BCUT2D eigenvalue weighted by atomic mass is 9.80. The fourth-order valence-corrected chi connectivity index (χ4v) is 9.40. The first-order valence-electron chi connectivity index (χ1n) is 16.2. The number of aliphatic hydroxyl groups is 1. The lowest BCUT2D eigenvalue weighted by Crippen LogP contribution is -2.41. The Morgan fingerprint density at radius 3 is 2.69 bits per heavy atom. The number of hydrogen-bond donors (Lipinski definition) is 1. The number of aryl methyl sites for hydroxylation is 1. The van der Waals surface area contributed by atoms with E-state index in [0.717, 1.165) is 68.4 Å². The largest absolute Gasteiger partial charge is 0.497 e. The smallest absolute Gasteiger partial charge is 0.232 e. The number of pyridine rings is 1. The number of aliphatic hydroxyl groups excluding tert-OH is 1. The van der Waals surface area contributed by atoms with Crippen LogP contribution in [0.1, 0.15) is 47.3 Å². The second kappa shape index (κ2) is 13.9. The van der Waals surface area contributed by atoms with E-state index >= 15 is 0 Å². The Labute approximate surface area is 288 Å². The van der Waals surface area contributed by atoms with E-state index in [9.17, 15) is 13.5 Å². The molecule has 1 saturated heterocycles. The van der Waals surface area contributed by atoms with Crippen LogP contribution in [0.4, 0.5) is 11.4 Å². The molecule has 2 aromatic carbocycles. The summed E-state index contributed by atoms with van der Waals surface area (Å²) < 4.78 is 34.4. The third-order valence-corrected chi connectivity index (χ3v) is 12.4. The Hall–Kier alpha value is -3.98. The van der Waals surface area contributed by atoms with E-state index in [1.54, 1.807) is 31.3 Å². The average molecular weight is 686 g/mol. The molecular weight excluding hydrogens is 643 g/mol. The first-order valence-corrected chi connectivity index (χ1v) is 19.0. The van der Waals surface area contributed by atoms with Crippen LogP contribution in [-0.4, -0.2) is 67.2 Å². The van der Waals surface area contributed by atoms with Gasteiger partial charge in [0.05, 0.1) is 35.9 Å². The molecule has 0 bridgehead atoms. The minimum absolute atomic E-state index is 0.112. The van der Waals surface area contributed by atoms with Gasteiger partial charge in [-0.05, 0) is 92.0 Å². The number of anilines is 2. The van der Waals surface area contributed by atoms with Crippen LogP contribution >= 0.6 is 11.8 Å². The summed E-state index contributed by atoms with van der Waals surface area (Å²) >= 11 is 1.56. The average Bonchev–Trinajstić information content (AvgIpc) is 3.70. The van der Waals surface area contributed by atoms with Gasteiger partial charge >= 0.3 is 0 Å². The molecular formula is C37H43N5O4S2. The van der Waals surface area contributed by atoms with Crippen LogP contribution in [-0.2, 0) is 23.5 Å². The van der Waals surface area contributed by atoms with Crippen LogP contribution in [0.2, 0.25) is 0 Å². The van der Waals surface area contributed by atoms with Gasteiger partial charge in [-0.2, -0.15) is 0 Å². The summed E-state index contributed by atoms with van der Waals surface area (Å²) in [6.07, 6.45) is 10.2. The number of piperidine rings is 1. The summed E-state index contributed by atoms with van der Waals surface area (Å²) in [4.78, 5) is 11.5. The minimum Gasteiger partial charge on any atom is -0.497 e. The van der Waals surface area contributed by atoms with E-state index in [-0.39, 0.29) is 17.1 Å². The molecule has 48 heavy (non-hydrogen) atoms. The van der Waals surface area contributed by atoms with Crippen LogP contribution in [0.15, 0.2) is 66.7 Å². The number of hydrogen-bond acceptors (Lipinski definition) is 8. The predicted octanol–water partition coefficient (Wildman–Crippen LogP) is 5.89. The summed E-state index contributed by atoms with van der Waals surface area (Å²) in [6, 6.07) is 9.87. The van der Waals surface area contributed by atoms with Gasteiger partial charge in [0.2, 0.25) is 10.0 Å². The Morgan fingerprint density at radius 2 is 2.00 bits per heavy atom. The molecule has 0 spiro atoms. The lowest BCUT2D eigenvalue weighted by Gasteiger charge is -2.41. The van der Waals surface area contributed by atoms with Crippen molar-refractivity contribution in [2.45, 2.75) is 49.6 Å². The zero-order chi connectivity index (χ0) is 34.2. The topological polar surface area (TPSA) is 101 Å².